The molecule has 1 aliphatic carbocycles. The molecule has 2 nitrogen and oxygen atoms in total. The fraction of sp³-hybridized carbons (Fsp3) is 1.00. The van der Waals surface area contributed by atoms with Gasteiger partial charge in [-0.2, -0.15) is 13.2 Å². The second-order valence-corrected chi connectivity index (χ2v) is 5.37. The van der Waals surface area contributed by atoms with Crippen LogP contribution >= 0.6 is 0 Å². The van der Waals surface area contributed by atoms with Crippen LogP contribution in [0.25, 0.3) is 0 Å². The molecule has 19 heavy (non-hydrogen) atoms. The van der Waals surface area contributed by atoms with E-state index in [0.717, 1.165) is 19.4 Å². The van der Waals surface area contributed by atoms with Gasteiger partial charge in [0.2, 0.25) is 0 Å². The van der Waals surface area contributed by atoms with Gasteiger partial charge in [-0.05, 0) is 44.6 Å². The van der Waals surface area contributed by atoms with E-state index in [1.807, 2.05) is 0 Å². The first-order valence-corrected chi connectivity index (χ1v) is 7.41. The SMILES string of the molecule is CCCNC1CCCC1CCOCCCC(F)(F)F. The molecule has 1 saturated carbocycles. The van der Waals surface area contributed by atoms with Crippen LogP contribution < -0.4 is 5.32 Å². The molecule has 0 aliphatic heterocycles. The van der Waals surface area contributed by atoms with Crippen molar-refractivity contribution in [3.63, 3.8) is 0 Å². The molecule has 1 rings (SSSR count). The number of hydrogen-bond donors (Lipinski definition) is 1. The van der Waals surface area contributed by atoms with Crippen molar-refractivity contribution in [2.45, 2.75) is 64.1 Å². The minimum Gasteiger partial charge on any atom is -0.381 e. The zero-order valence-electron chi connectivity index (χ0n) is 11.8. The normalized spacial score (nSPS) is 24.0. The third-order valence-corrected chi connectivity index (χ3v) is 3.70. The van der Waals surface area contributed by atoms with Gasteiger partial charge < -0.3 is 10.1 Å². The molecule has 0 spiro atoms. The first-order chi connectivity index (χ1) is 9.03. The first kappa shape index (κ1) is 16.8. The number of alkyl halides is 3. The topological polar surface area (TPSA) is 21.3 Å². The molecule has 0 heterocycles. The van der Waals surface area contributed by atoms with Gasteiger partial charge in [0, 0.05) is 25.7 Å². The molecule has 1 aliphatic rings. The summed E-state index contributed by atoms with van der Waals surface area (Å²) in [6.07, 6.45) is 1.07. The molecule has 0 amide bonds. The lowest BCUT2D eigenvalue weighted by Gasteiger charge is -2.20. The monoisotopic (exact) mass is 281 g/mol. The van der Waals surface area contributed by atoms with E-state index in [0.29, 0.717) is 18.6 Å². The van der Waals surface area contributed by atoms with Crippen molar-refractivity contribution in [3.8, 4) is 0 Å². The Labute approximate surface area is 114 Å². The van der Waals surface area contributed by atoms with Crippen molar-refractivity contribution in [3.05, 3.63) is 0 Å². The Morgan fingerprint density at radius 2 is 2.00 bits per heavy atom. The van der Waals surface area contributed by atoms with Gasteiger partial charge >= 0.3 is 6.18 Å². The maximum atomic E-state index is 11.9. The zero-order chi connectivity index (χ0) is 14.1. The molecule has 1 N–H and O–H groups in total. The van der Waals surface area contributed by atoms with Crippen LogP contribution in [0.5, 0.6) is 0 Å². The first-order valence-electron chi connectivity index (χ1n) is 7.41. The van der Waals surface area contributed by atoms with Crippen LogP contribution in [-0.2, 0) is 4.74 Å². The highest BCUT2D eigenvalue weighted by Crippen LogP contribution is 2.28. The average Bonchev–Trinajstić information content (AvgIpc) is 2.77. The summed E-state index contributed by atoms with van der Waals surface area (Å²) in [6, 6.07) is 0.582. The number of nitrogens with one attached hydrogen (secondary N) is 1. The van der Waals surface area contributed by atoms with Crippen LogP contribution in [0.1, 0.15) is 51.9 Å². The predicted molar refractivity (Wildman–Crippen MR) is 70.1 cm³/mol. The minimum atomic E-state index is -4.05. The van der Waals surface area contributed by atoms with E-state index in [9.17, 15) is 13.2 Å². The van der Waals surface area contributed by atoms with Gasteiger partial charge in [0.15, 0.2) is 0 Å². The summed E-state index contributed by atoms with van der Waals surface area (Å²) >= 11 is 0. The van der Waals surface area contributed by atoms with Crippen LogP contribution in [-0.4, -0.2) is 32.0 Å². The summed E-state index contributed by atoms with van der Waals surface area (Å²) in [5, 5.41) is 3.55. The van der Waals surface area contributed by atoms with Gasteiger partial charge in [0.25, 0.3) is 0 Å². The second-order valence-electron chi connectivity index (χ2n) is 5.37. The molecule has 0 aromatic heterocycles. The van der Waals surface area contributed by atoms with Gasteiger partial charge in [-0.15, -0.1) is 0 Å². The van der Waals surface area contributed by atoms with Crippen LogP contribution in [0, 0.1) is 5.92 Å². The summed E-state index contributed by atoms with van der Waals surface area (Å²) < 4.78 is 41.1. The van der Waals surface area contributed by atoms with E-state index in [-0.39, 0.29) is 13.0 Å². The van der Waals surface area contributed by atoms with Crippen LogP contribution in [0.15, 0.2) is 0 Å². The number of halogens is 3. The molecule has 2 unspecified atom stereocenters. The van der Waals surface area contributed by atoms with Gasteiger partial charge in [0.05, 0.1) is 0 Å². The van der Waals surface area contributed by atoms with Crippen LogP contribution in [0.3, 0.4) is 0 Å². The van der Waals surface area contributed by atoms with Gasteiger partial charge in [0.1, 0.15) is 0 Å². The highest BCUT2D eigenvalue weighted by molar-refractivity contribution is 4.82. The summed E-state index contributed by atoms with van der Waals surface area (Å²) in [5.74, 6) is 0.633. The fourth-order valence-corrected chi connectivity index (χ4v) is 2.69. The lowest BCUT2D eigenvalue weighted by atomic mass is 10.00. The van der Waals surface area contributed by atoms with E-state index in [1.54, 1.807) is 0 Å². The summed E-state index contributed by atoms with van der Waals surface area (Å²) in [5.41, 5.74) is 0. The van der Waals surface area contributed by atoms with E-state index in [2.05, 4.69) is 12.2 Å². The molecular formula is C14H26F3NO. The van der Waals surface area contributed by atoms with E-state index < -0.39 is 12.6 Å². The smallest absolute Gasteiger partial charge is 0.381 e. The minimum absolute atomic E-state index is 0.0751. The van der Waals surface area contributed by atoms with Crippen molar-refractivity contribution in [1.29, 1.82) is 0 Å². The lowest BCUT2D eigenvalue weighted by Crippen LogP contribution is -2.33. The summed E-state index contributed by atoms with van der Waals surface area (Å²) in [4.78, 5) is 0. The number of hydrogen-bond acceptors (Lipinski definition) is 2. The van der Waals surface area contributed by atoms with Gasteiger partial charge in [-0.3, -0.25) is 0 Å². The molecule has 0 bridgehead atoms. The third-order valence-electron chi connectivity index (χ3n) is 3.70. The molecule has 5 heteroatoms. The highest BCUT2D eigenvalue weighted by Gasteiger charge is 2.27. The molecule has 0 aromatic rings. The van der Waals surface area contributed by atoms with Crippen molar-refractivity contribution in [1.82, 2.24) is 5.32 Å². The Hall–Kier alpha value is -0.290. The van der Waals surface area contributed by atoms with Crippen molar-refractivity contribution >= 4 is 0 Å². The third kappa shape index (κ3) is 7.78. The molecule has 114 valence electrons. The Kier molecular flexibility index (Phi) is 7.76. The molecule has 2 atom stereocenters. The molecule has 0 saturated heterocycles. The molecular weight excluding hydrogens is 255 g/mol. The lowest BCUT2D eigenvalue weighted by molar-refractivity contribution is -0.137. The molecule has 0 aromatic carbocycles. The van der Waals surface area contributed by atoms with Crippen molar-refractivity contribution < 1.29 is 17.9 Å². The van der Waals surface area contributed by atoms with Crippen LogP contribution in [0.4, 0.5) is 13.2 Å². The zero-order valence-corrected chi connectivity index (χ0v) is 11.8. The summed E-state index contributed by atoms with van der Waals surface area (Å²) in [6.45, 7) is 4.01. The Bertz CT molecular complexity index is 233. The van der Waals surface area contributed by atoms with Gasteiger partial charge in [-0.1, -0.05) is 13.3 Å². The quantitative estimate of drug-likeness (QED) is 0.647. The number of ether oxygens (including phenoxy) is 1. The predicted octanol–water partition coefficient (Wildman–Crippen LogP) is 3.90. The summed E-state index contributed by atoms with van der Waals surface area (Å²) in [7, 11) is 0. The maximum absolute atomic E-state index is 11.9. The molecule has 1 fully saturated rings. The second kappa shape index (κ2) is 8.80. The Balaban J connectivity index is 2.02. The van der Waals surface area contributed by atoms with Gasteiger partial charge in [-0.25, -0.2) is 0 Å². The fourth-order valence-electron chi connectivity index (χ4n) is 2.69. The van der Waals surface area contributed by atoms with Crippen molar-refractivity contribution in [2.75, 3.05) is 19.8 Å². The average molecular weight is 281 g/mol. The Morgan fingerprint density at radius 3 is 2.68 bits per heavy atom. The Morgan fingerprint density at radius 1 is 1.21 bits per heavy atom. The largest absolute Gasteiger partial charge is 0.389 e. The number of rotatable bonds is 9. The highest BCUT2D eigenvalue weighted by atomic mass is 19.4. The maximum Gasteiger partial charge on any atom is 0.389 e. The van der Waals surface area contributed by atoms with E-state index in [1.165, 1.54) is 19.3 Å². The van der Waals surface area contributed by atoms with Crippen LogP contribution in [0.2, 0.25) is 0 Å². The van der Waals surface area contributed by atoms with E-state index >= 15 is 0 Å². The standard InChI is InChI=1S/C14H26F3NO/c1-2-9-18-13-6-3-5-12(13)7-11-19-10-4-8-14(15,16)17/h12-13,18H,2-11H2,1H3. The molecule has 0 radical (unpaired) electrons. The van der Waals surface area contributed by atoms with Crippen molar-refractivity contribution in [2.24, 2.45) is 5.92 Å². The van der Waals surface area contributed by atoms with E-state index in [4.69, 9.17) is 4.74 Å².